The van der Waals surface area contributed by atoms with E-state index in [4.69, 9.17) is 27.7 Å². The third-order valence-corrected chi connectivity index (χ3v) is 3.79. The summed E-state index contributed by atoms with van der Waals surface area (Å²) >= 11 is 12.0. The predicted molar refractivity (Wildman–Crippen MR) is 73.6 cm³/mol. The number of hydrogen-bond donors (Lipinski definition) is 1. The van der Waals surface area contributed by atoms with Gasteiger partial charge >= 0.3 is 0 Å². The van der Waals surface area contributed by atoms with Crippen molar-refractivity contribution in [3.05, 3.63) is 45.5 Å². The van der Waals surface area contributed by atoms with Crippen LogP contribution >= 0.6 is 23.2 Å². The summed E-state index contributed by atoms with van der Waals surface area (Å²) in [5.41, 5.74) is 0.948. The molecule has 1 saturated heterocycles. The van der Waals surface area contributed by atoms with Gasteiger partial charge in [0.05, 0.1) is 0 Å². The molecule has 0 unspecified atom stereocenters. The van der Waals surface area contributed by atoms with E-state index in [0.717, 1.165) is 25.1 Å². The Morgan fingerprint density at radius 1 is 1.32 bits per heavy atom. The Morgan fingerprint density at radius 3 is 2.84 bits per heavy atom. The van der Waals surface area contributed by atoms with E-state index >= 15 is 0 Å². The smallest absolute Gasteiger partial charge is 0.227 e. The zero-order valence-electron chi connectivity index (χ0n) is 10.2. The molecule has 0 atom stereocenters. The molecule has 0 bridgehead atoms. The molecule has 0 spiro atoms. The summed E-state index contributed by atoms with van der Waals surface area (Å²) in [4.78, 5) is 4.39. The van der Waals surface area contributed by atoms with Gasteiger partial charge in [-0.15, -0.1) is 0 Å². The largest absolute Gasteiger partial charge is 0.339 e. The predicted octanol–water partition coefficient (Wildman–Crippen LogP) is 2.73. The number of rotatable bonds is 4. The van der Waals surface area contributed by atoms with Gasteiger partial charge in [-0.3, -0.25) is 0 Å². The maximum atomic E-state index is 6.12. The monoisotopic (exact) mass is 297 g/mol. The van der Waals surface area contributed by atoms with Crippen molar-refractivity contribution >= 4 is 23.2 Å². The minimum Gasteiger partial charge on any atom is -0.339 e. The van der Waals surface area contributed by atoms with E-state index in [2.05, 4.69) is 15.5 Å². The van der Waals surface area contributed by atoms with E-state index in [1.807, 2.05) is 12.1 Å². The molecule has 0 radical (unpaired) electrons. The normalized spacial score (nSPS) is 15.5. The summed E-state index contributed by atoms with van der Waals surface area (Å²) in [6.07, 6.45) is 1.40. The highest BCUT2D eigenvalue weighted by atomic mass is 35.5. The van der Waals surface area contributed by atoms with Crippen LogP contribution < -0.4 is 5.32 Å². The number of nitrogens with one attached hydrogen (secondary N) is 1. The van der Waals surface area contributed by atoms with E-state index in [-0.39, 0.29) is 0 Å². The van der Waals surface area contributed by atoms with Crippen molar-refractivity contribution in [2.45, 2.75) is 12.8 Å². The number of halogens is 2. The van der Waals surface area contributed by atoms with Gasteiger partial charge in [-0.2, -0.15) is 4.98 Å². The molecule has 1 aliphatic heterocycles. The van der Waals surface area contributed by atoms with Gasteiger partial charge in [-0.25, -0.2) is 0 Å². The van der Waals surface area contributed by atoms with Gasteiger partial charge in [0.1, 0.15) is 0 Å². The molecule has 1 aromatic carbocycles. The average Bonchev–Trinajstić information content (AvgIpc) is 2.75. The summed E-state index contributed by atoms with van der Waals surface area (Å²) in [5.74, 6) is 1.98. The summed E-state index contributed by atoms with van der Waals surface area (Å²) in [6, 6.07) is 5.42. The maximum absolute atomic E-state index is 6.12. The standard InChI is InChI=1S/C13H13Cl2N3O/c14-10-2-1-9(11(15)5-10)4-12-17-13(19-18-12)3-8-6-16-7-8/h1-2,5,8,16H,3-4,6-7H2. The number of aromatic nitrogens is 2. The van der Waals surface area contributed by atoms with Crippen molar-refractivity contribution in [3.63, 3.8) is 0 Å². The molecule has 0 amide bonds. The molecule has 4 nitrogen and oxygen atoms in total. The zero-order chi connectivity index (χ0) is 13.2. The Balaban J connectivity index is 1.68. The van der Waals surface area contributed by atoms with E-state index in [1.165, 1.54) is 0 Å². The Labute approximate surface area is 121 Å². The summed E-state index contributed by atoms with van der Waals surface area (Å²) in [5, 5.41) is 8.46. The fourth-order valence-electron chi connectivity index (χ4n) is 2.02. The molecule has 0 saturated carbocycles. The van der Waals surface area contributed by atoms with Crippen molar-refractivity contribution in [1.82, 2.24) is 15.5 Å². The van der Waals surface area contributed by atoms with E-state index in [0.29, 0.717) is 34.1 Å². The van der Waals surface area contributed by atoms with Gasteiger partial charge < -0.3 is 9.84 Å². The summed E-state index contributed by atoms with van der Waals surface area (Å²) in [6.45, 7) is 2.06. The third kappa shape index (κ3) is 3.08. The van der Waals surface area contributed by atoms with Crippen LogP contribution in [-0.2, 0) is 12.8 Å². The molecule has 1 fully saturated rings. The molecular formula is C13H13Cl2N3O. The lowest BCUT2D eigenvalue weighted by molar-refractivity contribution is 0.295. The minimum atomic E-state index is 0.558. The van der Waals surface area contributed by atoms with Crippen LogP contribution in [0.5, 0.6) is 0 Å². The van der Waals surface area contributed by atoms with Crippen molar-refractivity contribution in [3.8, 4) is 0 Å². The van der Waals surface area contributed by atoms with Crippen LogP contribution in [0, 0.1) is 5.92 Å². The van der Waals surface area contributed by atoms with Gasteiger partial charge in [0, 0.05) is 22.9 Å². The average molecular weight is 298 g/mol. The van der Waals surface area contributed by atoms with Crippen LogP contribution in [0.3, 0.4) is 0 Å². The number of hydrogen-bond acceptors (Lipinski definition) is 4. The Hall–Kier alpha value is -1.10. The van der Waals surface area contributed by atoms with Gasteiger partial charge in [0.25, 0.3) is 0 Å². The van der Waals surface area contributed by atoms with Crippen LogP contribution in [0.15, 0.2) is 22.7 Å². The van der Waals surface area contributed by atoms with Crippen molar-refractivity contribution in [1.29, 1.82) is 0 Å². The first-order valence-electron chi connectivity index (χ1n) is 6.17. The first kappa shape index (κ1) is 12.9. The van der Waals surface area contributed by atoms with Gasteiger partial charge in [-0.1, -0.05) is 34.4 Å². The topological polar surface area (TPSA) is 51.0 Å². The molecule has 0 aliphatic carbocycles. The Morgan fingerprint density at radius 2 is 2.16 bits per heavy atom. The SMILES string of the molecule is Clc1ccc(Cc2noc(CC3CNC3)n2)c(Cl)c1. The Kier molecular flexibility index (Phi) is 3.73. The van der Waals surface area contributed by atoms with Gasteiger partial charge in [0.15, 0.2) is 5.82 Å². The summed E-state index contributed by atoms with van der Waals surface area (Å²) < 4.78 is 5.25. The highest BCUT2D eigenvalue weighted by Gasteiger charge is 2.20. The van der Waals surface area contributed by atoms with Crippen molar-refractivity contribution in [2.24, 2.45) is 5.92 Å². The Bertz CT molecular complexity index is 581. The lowest BCUT2D eigenvalue weighted by Crippen LogP contribution is -2.43. The quantitative estimate of drug-likeness (QED) is 0.943. The second kappa shape index (κ2) is 5.49. The van der Waals surface area contributed by atoms with Gasteiger partial charge in [0.2, 0.25) is 5.89 Å². The van der Waals surface area contributed by atoms with E-state index < -0.39 is 0 Å². The second-order valence-electron chi connectivity index (χ2n) is 4.75. The molecule has 19 heavy (non-hydrogen) atoms. The molecule has 100 valence electrons. The second-order valence-corrected chi connectivity index (χ2v) is 5.59. The minimum absolute atomic E-state index is 0.558. The lowest BCUT2D eigenvalue weighted by Gasteiger charge is -2.25. The molecule has 2 aromatic rings. The molecular weight excluding hydrogens is 285 g/mol. The summed E-state index contributed by atoms with van der Waals surface area (Å²) in [7, 11) is 0. The lowest BCUT2D eigenvalue weighted by atomic mass is 10.00. The van der Waals surface area contributed by atoms with E-state index in [1.54, 1.807) is 6.07 Å². The number of benzene rings is 1. The highest BCUT2D eigenvalue weighted by molar-refractivity contribution is 6.35. The maximum Gasteiger partial charge on any atom is 0.227 e. The number of nitrogens with zero attached hydrogens (tertiary/aromatic N) is 2. The van der Waals surface area contributed by atoms with Crippen LogP contribution in [0.1, 0.15) is 17.3 Å². The zero-order valence-corrected chi connectivity index (χ0v) is 11.7. The fourth-order valence-corrected chi connectivity index (χ4v) is 2.50. The van der Waals surface area contributed by atoms with Crippen molar-refractivity contribution in [2.75, 3.05) is 13.1 Å². The molecule has 1 N–H and O–H groups in total. The third-order valence-electron chi connectivity index (χ3n) is 3.20. The first-order chi connectivity index (χ1) is 9.20. The fraction of sp³-hybridized carbons (Fsp3) is 0.385. The van der Waals surface area contributed by atoms with E-state index in [9.17, 15) is 0 Å². The van der Waals surface area contributed by atoms with Crippen molar-refractivity contribution < 1.29 is 4.52 Å². The molecule has 3 rings (SSSR count). The molecule has 1 aliphatic rings. The van der Waals surface area contributed by atoms with Crippen LogP contribution in [0.2, 0.25) is 10.0 Å². The highest BCUT2D eigenvalue weighted by Crippen LogP contribution is 2.23. The van der Waals surface area contributed by atoms with Gasteiger partial charge in [-0.05, 0) is 36.7 Å². The molecule has 1 aromatic heterocycles. The van der Waals surface area contributed by atoms with Crippen LogP contribution in [0.25, 0.3) is 0 Å². The molecule has 2 heterocycles. The first-order valence-corrected chi connectivity index (χ1v) is 6.92. The molecule has 6 heteroatoms. The van der Waals surface area contributed by atoms with Crippen LogP contribution in [0.4, 0.5) is 0 Å². The van der Waals surface area contributed by atoms with Crippen LogP contribution in [-0.4, -0.2) is 23.2 Å².